The molecule has 2 aromatic rings. The summed E-state index contributed by atoms with van der Waals surface area (Å²) >= 11 is 5.80. The molecule has 1 saturated heterocycles. The molecular weight excluding hydrogens is 411 g/mol. The molecule has 0 aliphatic carbocycles. The highest BCUT2D eigenvalue weighted by Gasteiger charge is 2.23. The van der Waals surface area contributed by atoms with Gasteiger partial charge in [-0.3, -0.25) is 4.79 Å². The van der Waals surface area contributed by atoms with Crippen molar-refractivity contribution in [3.05, 3.63) is 35.1 Å². The monoisotopic (exact) mass is 436 g/mol. The number of halogens is 2. The smallest absolute Gasteiger partial charge is 0.323 e. The first-order valence-electron chi connectivity index (χ1n) is 10.0. The molecule has 1 aromatic carbocycles. The van der Waals surface area contributed by atoms with E-state index in [-0.39, 0.29) is 17.7 Å². The zero-order valence-corrected chi connectivity index (χ0v) is 17.9. The van der Waals surface area contributed by atoms with Crippen LogP contribution in [-0.4, -0.2) is 60.4 Å². The fourth-order valence-electron chi connectivity index (χ4n) is 3.36. The first kappa shape index (κ1) is 22.2. The van der Waals surface area contributed by atoms with Gasteiger partial charge in [0.05, 0.1) is 11.1 Å². The van der Waals surface area contributed by atoms with Crippen molar-refractivity contribution in [3.8, 4) is 11.4 Å². The minimum Gasteiger partial charge on any atom is -0.480 e. The molecule has 162 valence electrons. The highest BCUT2D eigenvalue weighted by atomic mass is 35.5. The predicted molar refractivity (Wildman–Crippen MR) is 115 cm³/mol. The number of hydrogen-bond donors (Lipinski definition) is 1. The van der Waals surface area contributed by atoms with Crippen LogP contribution in [-0.2, 0) is 9.53 Å². The van der Waals surface area contributed by atoms with Crippen molar-refractivity contribution in [1.29, 1.82) is 0 Å². The lowest BCUT2D eigenvalue weighted by Crippen LogP contribution is -2.38. The number of hydrogen-bond acceptors (Lipinski definition) is 6. The van der Waals surface area contributed by atoms with Gasteiger partial charge in [0.1, 0.15) is 24.0 Å². The third-order valence-corrected chi connectivity index (χ3v) is 5.27. The molecule has 0 spiro atoms. The van der Waals surface area contributed by atoms with E-state index < -0.39 is 11.8 Å². The minimum atomic E-state index is -0.967. The Bertz CT molecular complexity index is 891. The van der Waals surface area contributed by atoms with Gasteiger partial charge in [-0.25, -0.2) is 14.4 Å². The summed E-state index contributed by atoms with van der Waals surface area (Å²) in [5, 5.41) is 9.16. The van der Waals surface area contributed by atoms with Crippen LogP contribution in [0.1, 0.15) is 26.2 Å². The van der Waals surface area contributed by atoms with Gasteiger partial charge in [-0.2, -0.15) is 0 Å². The van der Waals surface area contributed by atoms with Crippen molar-refractivity contribution < 1.29 is 19.0 Å². The first-order chi connectivity index (χ1) is 14.4. The number of ether oxygens (including phenoxy) is 1. The van der Waals surface area contributed by atoms with Crippen molar-refractivity contribution in [2.45, 2.75) is 32.3 Å². The standard InChI is InChI=1S/C21H26ClFN4O3/c1-3-10-30-15-6-8-27(9-7-15)19-12-18(26(2)13-20(28)29)24-21(25-19)14-4-5-16(22)17(23)11-14/h4-5,11-12,15H,3,6-10,13H2,1-2H3,(H,28,29). The van der Waals surface area contributed by atoms with Crippen LogP contribution in [0.2, 0.25) is 5.02 Å². The van der Waals surface area contributed by atoms with Gasteiger partial charge in [0, 0.05) is 38.4 Å². The number of carbonyl (C=O) groups is 1. The number of aromatic nitrogens is 2. The van der Waals surface area contributed by atoms with Crippen LogP contribution in [0.3, 0.4) is 0 Å². The second-order valence-electron chi connectivity index (χ2n) is 7.34. The number of piperidine rings is 1. The van der Waals surface area contributed by atoms with Crippen molar-refractivity contribution >= 4 is 29.2 Å². The van der Waals surface area contributed by atoms with E-state index in [0.29, 0.717) is 23.0 Å². The van der Waals surface area contributed by atoms with E-state index in [9.17, 15) is 9.18 Å². The summed E-state index contributed by atoms with van der Waals surface area (Å²) in [6.45, 7) is 4.17. The van der Waals surface area contributed by atoms with Crippen LogP contribution < -0.4 is 9.80 Å². The van der Waals surface area contributed by atoms with E-state index in [1.165, 1.54) is 17.0 Å². The lowest BCUT2D eigenvalue weighted by molar-refractivity contribution is -0.135. The Hall–Kier alpha value is -2.45. The molecule has 30 heavy (non-hydrogen) atoms. The average molecular weight is 437 g/mol. The highest BCUT2D eigenvalue weighted by Crippen LogP contribution is 2.28. The minimum absolute atomic E-state index is 0.0206. The Kier molecular flexibility index (Phi) is 7.44. The van der Waals surface area contributed by atoms with Gasteiger partial charge in [0.15, 0.2) is 5.82 Å². The number of likely N-dealkylation sites (N-methyl/N-ethyl adjacent to an activating group) is 1. The molecule has 7 nitrogen and oxygen atoms in total. The summed E-state index contributed by atoms with van der Waals surface area (Å²) in [5.41, 5.74) is 0.477. The van der Waals surface area contributed by atoms with Gasteiger partial charge in [-0.1, -0.05) is 18.5 Å². The summed E-state index contributed by atoms with van der Waals surface area (Å²) in [7, 11) is 1.65. The number of benzene rings is 1. The van der Waals surface area contributed by atoms with Crippen LogP contribution in [0.15, 0.2) is 24.3 Å². The largest absolute Gasteiger partial charge is 0.480 e. The zero-order valence-electron chi connectivity index (χ0n) is 17.1. The molecule has 0 radical (unpaired) electrons. The normalized spacial score (nSPS) is 14.7. The summed E-state index contributed by atoms with van der Waals surface area (Å²) in [4.78, 5) is 23.9. The maximum absolute atomic E-state index is 14.0. The molecule has 0 bridgehead atoms. The first-order valence-corrected chi connectivity index (χ1v) is 10.4. The van der Waals surface area contributed by atoms with E-state index in [4.69, 9.17) is 21.4 Å². The number of carboxylic acid groups (broad SMARTS) is 1. The molecule has 1 N–H and O–H groups in total. The molecule has 0 saturated carbocycles. The molecule has 9 heteroatoms. The maximum Gasteiger partial charge on any atom is 0.323 e. The quantitative estimate of drug-likeness (QED) is 0.673. The van der Waals surface area contributed by atoms with Gasteiger partial charge >= 0.3 is 5.97 Å². The highest BCUT2D eigenvalue weighted by molar-refractivity contribution is 6.30. The third-order valence-electron chi connectivity index (χ3n) is 4.96. The Morgan fingerprint density at radius 1 is 1.33 bits per heavy atom. The van der Waals surface area contributed by atoms with Crippen LogP contribution in [0.25, 0.3) is 11.4 Å². The van der Waals surface area contributed by atoms with Gasteiger partial charge < -0.3 is 19.6 Å². The topological polar surface area (TPSA) is 78.8 Å². The van der Waals surface area contributed by atoms with Gasteiger partial charge in [-0.15, -0.1) is 0 Å². The molecule has 2 heterocycles. The summed E-state index contributed by atoms with van der Waals surface area (Å²) in [6.07, 6.45) is 3.00. The SMILES string of the molecule is CCCOC1CCN(c2cc(N(C)CC(=O)O)nc(-c3ccc(Cl)c(F)c3)n2)CC1. The molecule has 3 rings (SSSR count). The van der Waals surface area contributed by atoms with Crippen LogP contribution in [0, 0.1) is 5.82 Å². The number of rotatable bonds is 8. The fourth-order valence-corrected chi connectivity index (χ4v) is 3.48. The van der Waals surface area contributed by atoms with Crippen molar-refractivity contribution in [2.24, 2.45) is 0 Å². The van der Waals surface area contributed by atoms with E-state index in [1.54, 1.807) is 19.2 Å². The molecule has 1 fully saturated rings. The second kappa shape index (κ2) is 10.0. The average Bonchev–Trinajstić information content (AvgIpc) is 2.73. The van der Waals surface area contributed by atoms with E-state index in [2.05, 4.69) is 21.8 Å². The molecular formula is C21H26ClFN4O3. The Balaban J connectivity index is 1.90. The number of carboxylic acids is 1. The second-order valence-corrected chi connectivity index (χ2v) is 7.75. The van der Waals surface area contributed by atoms with Gasteiger partial charge in [0.25, 0.3) is 0 Å². The molecule has 1 aliphatic rings. The molecule has 1 aromatic heterocycles. The Morgan fingerprint density at radius 2 is 2.07 bits per heavy atom. The van der Waals surface area contributed by atoms with E-state index in [1.807, 2.05) is 0 Å². The number of anilines is 2. The number of aliphatic carboxylic acids is 1. The van der Waals surface area contributed by atoms with Crippen LogP contribution in [0.5, 0.6) is 0 Å². The fraction of sp³-hybridized carbons (Fsp3) is 0.476. The molecule has 1 aliphatic heterocycles. The lowest BCUT2D eigenvalue weighted by atomic mass is 10.1. The van der Waals surface area contributed by atoms with Gasteiger partial charge in [-0.05, 0) is 37.5 Å². The van der Waals surface area contributed by atoms with Crippen molar-refractivity contribution in [2.75, 3.05) is 43.1 Å². The van der Waals surface area contributed by atoms with E-state index in [0.717, 1.165) is 39.0 Å². The zero-order chi connectivity index (χ0) is 21.7. The van der Waals surface area contributed by atoms with Gasteiger partial charge in [0.2, 0.25) is 0 Å². The van der Waals surface area contributed by atoms with Crippen molar-refractivity contribution in [3.63, 3.8) is 0 Å². The maximum atomic E-state index is 14.0. The molecule has 0 amide bonds. The Morgan fingerprint density at radius 3 is 2.70 bits per heavy atom. The predicted octanol–water partition coefficient (Wildman–Crippen LogP) is 3.85. The molecule has 0 atom stereocenters. The summed E-state index contributed by atoms with van der Waals surface area (Å²) in [6, 6.07) is 6.16. The van der Waals surface area contributed by atoms with E-state index >= 15 is 0 Å². The van der Waals surface area contributed by atoms with Crippen LogP contribution >= 0.6 is 11.6 Å². The summed E-state index contributed by atoms with van der Waals surface area (Å²) in [5.74, 6) is -0.0727. The summed E-state index contributed by atoms with van der Waals surface area (Å²) < 4.78 is 19.8. The third kappa shape index (κ3) is 5.58. The van der Waals surface area contributed by atoms with Crippen molar-refractivity contribution in [1.82, 2.24) is 9.97 Å². The van der Waals surface area contributed by atoms with Crippen LogP contribution in [0.4, 0.5) is 16.0 Å². The lowest BCUT2D eigenvalue weighted by Gasteiger charge is -2.33. The number of nitrogens with zero attached hydrogens (tertiary/aromatic N) is 4. The Labute approximate surface area is 180 Å². The molecule has 0 unspecified atom stereocenters.